The smallest absolute Gasteiger partial charge is 0.313 e. The number of carbonyl (C=O) groups excluding carboxylic acids is 5. The number of ether oxygens (including phenoxy) is 4. The summed E-state index contributed by atoms with van der Waals surface area (Å²) in [6, 6.07) is 3.26. The molecule has 3 aliphatic rings. The predicted molar refractivity (Wildman–Crippen MR) is 108 cm³/mol. The molecule has 3 heterocycles. The molecule has 2 amide bonds. The van der Waals surface area contributed by atoms with E-state index >= 15 is 0 Å². The van der Waals surface area contributed by atoms with Crippen LogP contribution in [0, 0.1) is 22.0 Å². The summed E-state index contributed by atoms with van der Waals surface area (Å²) in [6.45, 7) is 3.22. The number of anilines is 1. The fourth-order valence-electron chi connectivity index (χ4n) is 4.50. The maximum atomic E-state index is 13.5. The summed E-state index contributed by atoms with van der Waals surface area (Å²) >= 11 is 0. The highest BCUT2D eigenvalue weighted by molar-refractivity contribution is 6.23. The lowest BCUT2D eigenvalue weighted by Crippen LogP contribution is -2.52. The lowest BCUT2D eigenvalue weighted by molar-refractivity contribution is -0.385. The number of benzene rings is 1. The second-order valence-corrected chi connectivity index (χ2v) is 7.86. The summed E-state index contributed by atoms with van der Waals surface area (Å²) in [5, 5.41) is 11.5. The van der Waals surface area contributed by atoms with Crippen molar-refractivity contribution in [1.29, 1.82) is 0 Å². The summed E-state index contributed by atoms with van der Waals surface area (Å²) in [6.07, 6.45) is 0.393. The Kier molecular flexibility index (Phi) is 5.44. The molecule has 3 aliphatic heterocycles. The average Bonchev–Trinajstić information content (AvgIpc) is 3.38. The molecular weight excluding hydrogens is 456 g/mol. The van der Waals surface area contributed by atoms with Crippen molar-refractivity contribution in [3.05, 3.63) is 40.5 Å². The van der Waals surface area contributed by atoms with Crippen LogP contribution in [-0.4, -0.2) is 52.6 Å². The molecule has 34 heavy (non-hydrogen) atoms. The van der Waals surface area contributed by atoms with Crippen molar-refractivity contribution in [3.8, 4) is 5.75 Å². The Hall–Kier alpha value is -4.13. The van der Waals surface area contributed by atoms with Gasteiger partial charge in [0, 0.05) is 26.8 Å². The van der Waals surface area contributed by atoms with Gasteiger partial charge in [0.2, 0.25) is 17.6 Å². The number of amides is 2. The molecule has 0 aromatic heterocycles. The van der Waals surface area contributed by atoms with E-state index in [-0.39, 0.29) is 11.4 Å². The molecule has 0 aliphatic carbocycles. The maximum absolute atomic E-state index is 13.5. The molecular formula is C21H18N2O11. The zero-order chi connectivity index (χ0) is 24.9. The van der Waals surface area contributed by atoms with Gasteiger partial charge in [-0.05, 0) is 18.2 Å². The second-order valence-electron chi connectivity index (χ2n) is 7.86. The van der Waals surface area contributed by atoms with E-state index in [2.05, 4.69) is 0 Å². The van der Waals surface area contributed by atoms with E-state index in [1.807, 2.05) is 0 Å². The Morgan fingerprint density at radius 2 is 1.74 bits per heavy atom. The summed E-state index contributed by atoms with van der Waals surface area (Å²) in [4.78, 5) is 72.7. The molecule has 4 atom stereocenters. The summed E-state index contributed by atoms with van der Waals surface area (Å²) in [5.41, 5.74) is -2.51. The number of hydrogen-bond donors (Lipinski definition) is 0. The van der Waals surface area contributed by atoms with Crippen LogP contribution in [-0.2, 0) is 38.2 Å². The van der Waals surface area contributed by atoms with Crippen LogP contribution in [0.4, 0.5) is 11.4 Å². The van der Waals surface area contributed by atoms with Crippen molar-refractivity contribution in [1.82, 2.24) is 0 Å². The number of fused-ring (bicyclic) bond motifs is 5. The molecule has 0 radical (unpaired) electrons. The van der Waals surface area contributed by atoms with Crippen LogP contribution in [0.3, 0.4) is 0 Å². The van der Waals surface area contributed by atoms with E-state index in [9.17, 15) is 34.1 Å². The highest BCUT2D eigenvalue weighted by atomic mass is 16.7. The SMILES string of the molecule is CC(=O)Oc1ccc(N2C(=O)[C@H]3[C@@H](C2=O)[C@@]2(C(OC(C)=O)OC(C)=O)C=C[C@H]3O2)cc1[N+](=O)[O-]. The van der Waals surface area contributed by atoms with Crippen LogP contribution >= 0.6 is 0 Å². The van der Waals surface area contributed by atoms with Gasteiger partial charge in [0.15, 0.2) is 5.60 Å². The van der Waals surface area contributed by atoms with Gasteiger partial charge in [-0.1, -0.05) is 6.08 Å². The van der Waals surface area contributed by atoms with Crippen molar-refractivity contribution in [3.63, 3.8) is 0 Å². The van der Waals surface area contributed by atoms with Gasteiger partial charge in [-0.15, -0.1) is 0 Å². The molecule has 2 fully saturated rings. The first-order valence-electron chi connectivity index (χ1n) is 10.0. The maximum Gasteiger partial charge on any atom is 0.313 e. The monoisotopic (exact) mass is 474 g/mol. The minimum Gasteiger partial charge on any atom is -0.422 e. The van der Waals surface area contributed by atoms with E-state index in [4.69, 9.17) is 18.9 Å². The summed E-state index contributed by atoms with van der Waals surface area (Å²) < 4.78 is 20.9. The fraction of sp³-hybridized carbons (Fsp3) is 0.381. The molecule has 1 aromatic rings. The number of carbonyl (C=O) groups is 5. The van der Waals surface area contributed by atoms with Crippen molar-refractivity contribution >= 4 is 41.1 Å². The van der Waals surface area contributed by atoms with Gasteiger partial charge in [-0.3, -0.25) is 34.1 Å². The van der Waals surface area contributed by atoms with Crippen molar-refractivity contribution < 1.29 is 47.8 Å². The zero-order valence-corrected chi connectivity index (χ0v) is 18.1. The molecule has 2 saturated heterocycles. The van der Waals surface area contributed by atoms with Gasteiger partial charge in [0.25, 0.3) is 6.29 Å². The lowest BCUT2D eigenvalue weighted by atomic mass is 9.76. The van der Waals surface area contributed by atoms with E-state index in [1.54, 1.807) is 0 Å². The Bertz CT molecular complexity index is 1160. The van der Waals surface area contributed by atoms with Crippen LogP contribution < -0.4 is 9.64 Å². The van der Waals surface area contributed by atoms with Crippen LogP contribution in [0.5, 0.6) is 5.75 Å². The number of nitro benzene ring substituents is 1. The standard InChI is InChI=1S/C21H18N2O11/c1-9(24)31-14-5-4-12(8-13(14)23(29)30)22-18(27)16-15-6-7-21(34-15,17(16)19(22)28)20(32-10(2)25)33-11(3)26/h4-8,15-17,20H,1-3H3/t15-,16-,17+,21-/m1/s1. The Labute approximate surface area is 191 Å². The number of esters is 3. The fourth-order valence-corrected chi connectivity index (χ4v) is 4.50. The van der Waals surface area contributed by atoms with E-state index < -0.39 is 70.2 Å². The quantitative estimate of drug-likeness (QED) is 0.109. The molecule has 0 spiro atoms. The predicted octanol–water partition coefficient (Wildman–Crippen LogP) is 0.785. The third-order valence-electron chi connectivity index (χ3n) is 5.64. The minimum atomic E-state index is -1.75. The van der Waals surface area contributed by atoms with E-state index in [0.717, 1.165) is 37.8 Å². The Morgan fingerprint density at radius 1 is 1.09 bits per heavy atom. The Balaban J connectivity index is 1.74. The third kappa shape index (κ3) is 3.50. The number of imide groups is 1. The summed E-state index contributed by atoms with van der Waals surface area (Å²) in [5.74, 6) is -6.53. The molecule has 0 saturated carbocycles. The molecule has 0 unspecified atom stereocenters. The second kappa shape index (κ2) is 8.02. The number of nitrogens with zero attached hydrogens (tertiary/aromatic N) is 2. The van der Waals surface area contributed by atoms with E-state index in [1.165, 1.54) is 18.2 Å². The molecule has 4 rings (SSSR count). The molecule has 2 bridgehead atoms. The Morgan fingerprint density at radius 3 is 2.29 bits per heavy atom. The van der Waals surface area contributed by atoms with Gasteiger partial charge in [0.1, 0.15) is 0 Å². The largest absolute Gasteiger partial charge is 0.422 e. The average molecular weight is 474 g/mol. The lowest BCUT2D eigenvalue weighted by Gasteiger charge is -2.34. The number of hydrogen-bond acceptors (Lipinski definition) is 11. The van der Waals surface area contributed by atoms with Gasteiger partial charge >= 0.3 is 23.6 Å². The number of nitro groups is 1. The highest BCUT2D eigenvalue weighted by Crippen LogP contribution is 2.55. The van der Waals surface area contributed by atoms with Crippen molar-refractivity contribution in [2.24, 2.45) is 11.8 Å². The van der Waals surface area contributed by atoms with Gasteiger partial charge in [-0.2, -0.15) is 0 Å². The molecule has 13 nitrogen and oxygen atoms in total. The first-order valence-corrected chi connectivity index (χ1v) is 10.0. The van der Waals surface area contributed by atoms with Crippen molar-refractivity contribution in [2.75, 3.05) is 4.90 Å². The minimum absolute atomic E-state index is 0.127. The van der Waals surface area contributed by atoms with Crippen LogP contribution in [0.1, 0.15) is 20.8 Å². The molecule has 13 heteroatoms. The number of rotatable bonds is 6. The van der Waals surface area contributed by atoms with Gasteiger partial charge in [0.05, 0.1) is 28.6 Å². The molecule has 178 valence electrons. The van der Waals surface area contributed by atoms with E-state index in [0.29, 0.717) is 0 Å². The molecule has 1 aromatic carbocycles. The summed E-state index contributed by atoms with van der Waals surface area (Å²) in [7, 11) is 0. The first-order chi connectivity index (χ1) is 16.0. The van der Waals surface area contributed by atoms with Crippen LogP contribution in [0.2, 0.25) is 0 Å². The van der Waals surface area contributed by atoms with Crippen LogP contribution in [0.25, 0.3) is 0 Å². The highest BCUT2D eigenvalue weighted by Gasteiger charge is 2.72. The van der Waals surface area contributed by atoms with Gasteiger partial charge < -0.3 is 18.9 Å². The van der Waals surface area contributed by atoms with Crippen LogP contribution in [0.15, 0.2) is 30.4 Å². The van der Waals surface area contributed by atoms with Crippen molar-refractivity contribution in [2.45, 2.75) is 38.8 Å². The topological polar surface area (TPSA) is 169 Å². The third-order valence-corrected chi connectivity index (χ3v) is 5.64. The molecule has 0 N–H and O–H groups in total. The first kappa shape index (κ1) is 23.0. The normalized spacial score (nSPS) is 26.6. The zero-order valence-electron chi connectivity index (χ0n) is 18.1. The van der Waals surface area contributed by atoms with Gasteiger partial charge in [-0.25, -0.2) is 4.90 Å².